The molecule has 3 rings (SSSR count). The fraction of sp³-hybridized carbons (Fsp3) is 0.133. The summed E-state index contributed by atoms with van der Waals surface area (Å²) in [5.74, 6) is 4.63. The number of hydrogen-bond acceptors (Lipinski definition) is 3. The first-order chi connectivity index (χ1) is 10.1. The molecule has 0 saturated heterocycles. The van der Waals surface area contributed by atoms with E-state index in [4.69, 9.17) is 5.84 Å². The van der Waals surface area contributed by atoms with Crippen LogP contribution in [0.4, 0.5) is 4.39 Å². The number of hydrogen-bond donors (Lipinski definition) is 2. The molecule has 21 heavy (non-hydrogen) atoms. The van der Waals surface area contributed by atoms with Crippen LogP contribution >= 0.6 is 11.3 Å². The molecule has 1 aromatic carbocycles. The average Bonchev–Trinajstić information content (AvgIpc) is 3.05. The van der Waals surface area contributed by atoms with Gasteiger partial charge in [-0.05, 0) is 36.8 Å². The zero-order valence-corrected chi connectivity index (χ0v) is 12.2. The van der Waals surface area contributed by atoms with Gasteiger partial charge in [-0.1, -0.05) is 6.07 Å². The third-order valence-corrected chi connectivity index (χ3v) is 4.57. The number of aryl methyl sites for hydroxylation is 1. The number of rotatable bonds is 3. The Morgan fingerprint density at radius 3 is 3.00 bits per heavy atom. The molecule has 0 bridgehead atoms. The third-order valence-electron chi connectivity index (χ3n) is 3.48. The molecule has 108 valence electrons. The van der Waals surface area contributed by atoms with Gasteiger partial charge in [0.1, 0.15) is 5.82 Å². The minimum Gasteiger partial charge on any atom is -0.343 e. The van der Waals surface area contributed by atoms with E-state index in [0.29, 0.717) is 16.8 Å². The van der Waals surface area contributed by atoms with Gasteiger partial charge < -0.3 is 4.57 Å². The van der Waals surface area contributed by atoms with Crippen molar-refractivity contribution in [3.8, 4) is 0 Å². The summed E-state index contributed by atoms with van der Waals surface area (Å²) in [7, 11) is 0. The summed E-state index contributed by atoms with van der Waals surface area (Å²) in [6, 6.07) is 8.62. The lowest BCUT2D eigenvalue weighted by molar-refractivity contribution is 0.0957. The number of amides is 1. The number of nitrogens with one attached hydrogen (secondary N) is 1. The quantitative estimate of drug-likeness (QED) is 0.444. The van der Waals surface area contributed by atoms with E-state index >= 15 is 0 Å². The first kappa shape index (κ1) is 13.8. The van der Waals surface area contributed by atoms with Crippen molar-refractivity contribution in [1.82, 2.24) is 9.99 Å². The van der Waals surface area contributed by atoms with Gasteiger partial charge in [-0.2, -0.15) is 0 Å². The minimum absolute atomic E-state index is 0.225. The van der Waals surface area contributed by atoms with Crippen LogP contribution in [0.2, 0.25) is 0 Å². The molecule has 0 aliphatic heterocycles. The molecule has 0 aliphatic carbocycles. The number of nitrogen functional groups attached to an aromatic ring is 1. The fourth-order valence-electron chi connectivity index (χ4n) is 2.37. The smallest absolute Gasteiger partial charge is 0.275 e. The Hall–Kier alpha value is -2.18. The summed E-state index contributed by atoms with van der Waals surface area (Å²) in [6.45, 7) is 2.55. The second kappa shape index (κ2) is 5.31. The van der Waals surface area contributed by atoms with E-state index < -0.39 is 0 Å². The van der Waals surface area contributed by atoms with Crippen LogP contribution in [0.3, 0.4) is 0 Å². The van der Waals surface area contributed by atoms with Gasteiger partial charge in [0.15, 0.2) is 0 Å². The fourth-order valence-corrected chi connectivity index (χ4v) is 3.30. The Bertz CT molecular complexity index is 822. The number of nitrogens with zero attached hydrogens (tertiary/aromatic N) is 1. The first-order valence-electron chi connectivity index (χ1n) is 6.43. The van der Waals surface area contributed by atoms with E-state index in [1.807, 2.05) is 29.8 Å². The topological polar surface area (TPSA) is 60.1 Å². The minimum atomic E-state index is -0.294. The average molecular weight is 303 g/mol. The molecule has 0 radical (unpaired) electrons. The van der Waals surface area contributed by atoms with Crippen molar-refractivity contribution in [1.29, 1.82) is 0 Å². The van der Waals surface area contributed by atoms with Gasteiger partial charge in [0, 0.05) is 23.0 Å². The van der Waals surface area contributed by atoms with Crippen LogP contribution in [0.5, 0.6) is 0 Å². The molecule has 2 aromatic heterocycles. The van der Waals surface area contributed by atoms with Gasteiger partial charge in [0.2, 0.25) is 0 Å². The highest BCUT2D eigenvalue weighted by atomic mass is 32.1. The predicted octanol–water partition coefficient (Wildman–Crippen LogP) is 2.80. The van der Waals surface area contributed by atoms with Crippen LogP contribution in [0, 0.1) is 12.7 Å². The molecule has 1 amide bonds. The van der Waals surface area contributed by atoms with Crippen LogP contribution < -0.4 is 11.3 Å². The van der Waals surface area contributed by atoms with E-state index in [9.17, 15) is 9.18 Å². The molecule has 3 aromatic rings. The SMILES string of the molecule is Cc1sc(C(=O)NN)cc1Cn1ccc2c(F)cccc21. The van der Waals surface area contributed by atoms with Gasteiger partial charge in [-0.15, -0.1) is 11.3 Å². The largest absolute Gasteiger partial charge is 0.343 e. The number of carbonyl (C=O) groups excluding carboxylic acids is 1. The molecule has 0 atom stereocenters. The van der Waals surface area contributed by atoms with Crippen LogP contribution in [0.15, 0.2) is 36.5 Å². The lowest BCUT2D eigenvalue weighted by Crippen LogP contribution is -2.29. The van der Waals surface area contributed by atoms with Crippen molar-refractivity contribution in [2.75, 3.05) is 0 Å². The van der Waals surface area contributed by atoms with Gasteiger partial charge in [0.25, 0.3) is 5.91 Å². The zero-order chi connectivity index (χ0) is 15.0. The molecular formula is C15H14FN3OS. The number of halogens is 1. The summed E-state index contributed by atoms with van der Waals surface area (Å²) in [4.78, 5) is 13.2. The van der Waals surface area contributed by atoms with Gasteiger partial charge >= 0.3 is 0 Å². The van der Waals surface area contributed by atoms with Crippen molar-refractivity contribution < 1.29 is 9.18 Å². The van der Waals surface area contributed by atoms with E-state index in [1.54, 1.807) is 12.1 Å². The lowest BCUT2D eigenvalue weighted by atomic mass is 10.2. The number of aromatic nitrogens is 1. The number of nitrogens with two attached hydrogens (primary N) is 1. The van der Waals surface area contributed by atoms with Crippen LogP contribution in [-0.2, 0) is 6.54 Å². The zero-order valence-electron chi connectivity index (χ0n) is 11.4. The molecule has 0 aliphatic rings. The maximum absolute atomic E-state index is 13.7. The number of fused-ring (bicyclic) bond motifs is 1. The van der Waals surface area contributed by atoms with E-state index in [1.165, 1.54) is 17.4 Å². The summed E-state index contributed by atoms with van der Waals surface area (Å²) >= 11 is 1.40. The Balaban J connectivity index is 1.97. The highest BCUT2D eigenvalue weighted by Crippen LogP contribution is 2.25. The van der Waals surface area contributed by atoms with Crippen LogP contribution in [-0.4, -0.2) is 10.5 Å². The molecule has 0 unspecified atom stereocenters. The number of hydrazine groups is 1. The van der Waals surface area contributed by atoms with Crippen molar-refractivity contribution in [3.63, 3.8) is 0 Å². The molecule has 0 saturated carbocycles. The van der Waals surface area contributed by atoms with E-state index in [-0.39, 0.29) is 11.7 Å². The van der Waals surface area contributed by atoms with E-state index in [0.717, 1.165) is 16.0 Å². The first-order valence-corrected chi connectivity index (χ1v) is 7.25. The van der Waals surface area contributed by atoms with Crippen LogP contribution in [0.1, 0.15) is 20.1 Å². The monoisotopic (exact) mass is 303 g/mol. The summed E-state index contributed by atoms with van der Waals surface area (Å²) in [5, 5.41) is 0.602. The Morgan fingerprint density at radius 2 is 2.24 bits per heavy atom. The summed E-state index contributed by atoms with van der Waals surface area (Å²) < 4.78 is 15.7. The van der Waals surface area contributed by atoms with Crippen LogP contribution in [0.25, 0.3) is 10.9 Å². The second-order valence-electron chi connectivity index (χ2n) is 4.78. The van der Waals surface area contributed by atoms with Crippen molar-refractivity contribution in [3.05, 3.63) is 57.7 Å². The maximum atomic E-state index is 13.7. The van der Waals surface area contributed by atoms with Gasteiger partial charge in [0.05, 0.1) is 10.4 Å². The third kappa shape index (κ3) is 2.43. The van der Waals surface area contributed by atoms with Crippen molar-refractivity contribution in [2.45, 2.75) is 13.5 Å². The summed E-state index contributed by atoms with van der Waals surface area (Å²) in [6.07, 6.45) is 1.85. The van der Waals surface area contributed by atoms with Gasteiger partial charge in [-0.3, -0.25) is 10.2 Å². The number of carbonyl (C=O) groups is 1. The lowest BCUT2D eigenvalue weighted by Gasteiger charge is -2.05. The second-order valence-corrected chi connectivity index (χ2v) is 6.04. The highest BCUT2D eigenvalue weighted by Gasteiger charge is 2.13. The highest BCUT2D eigenvalue weighted by molar-refractivity contribution is 7.14. The Kier molecular flexibility index (Phi) is 3.48. The number of thiophene rings is 1. The Labute approximate surface area is 125 Å². The normalized spacial score (nSPS) is 11.0. The molecular weight excluding hydrogens is 289 g/mol. The predicted molar refractivity (Wildman–Crippen MR) is 81.7 cm³/mol. The summed E-state index contributed by atoms with van der Waals surface area (Å²) in [5.41, 5.74) is 4.00. The maximum Gasteiger partial charge on any atom is 0.275 e. The molecule has 0 spiro atoms. The molecule has 3 N–H and O–H groups in total. The standard InChI is InChI=1S/C15H14FN3OS/c1-9-10(7-14(21-9)15(20)18-17)8-19-6-5-11-12(16)3-2-4-13(11)19/h2-7H,8,17H2,1H3,(H,18,20). The van der Waals surface area contributed by atoms with Crippen molar-refractivity contribution in [2.24, 2.45) is 5.84 Å². The molecule has 2 heterocycles. The van der Waals surface area contributed by atoms with Crippen molar-refractivity contribution >= 4 is 28.1 Å². The number of benzene rings is 1. The van der Waals surface area contributed by atoms with Gasteiger partial charge in [-0.25, -0.2) is 10.2 Å². The van der Waals surface area contributed by atoms with E-state index in [2.05, 4.69) is 5.43 Å². The molecule has 0 fully saturated rings. The molecule has 4 nitrogen and oxygen atoms in total. The Morgan fingerprint density at radius 1 is 1.43 bits per heavy atom. The molecule has 6 heteroatoms.